The molecule has 0 bridgehead atoms. The van der Waals surface area contributed by atoms with Crippen molar-refractivity contribution in [2.45, 2.75) is 25.5 Å². The zero-order valence-electron chi connectivity index (χ0n) is 12.2. The molecule has 0 aromatic heterocycles. The van der Waals surface area contributed by atoms with E-state index >= 15 is 0 Å². The second kappa shape index (κ2) is 7.78. The molecule has 0 saturated carbocycles. The van der Waals surface area contributed by atoms with Crippen LogP contribution < -0.4 is 5.32 Å². The van der Waals surface area contributed by atoms with Crippen molar-refractivity contribution in [2.24, 2.45) is 5.92 Å². The third kappa shape index (κ3) is 4.19. The van der Waals surface area contributed by atoms with E-state index in [1.807, 2.05) is 23.1 Å². The van der Waals surface area contributed by atoms with E-state index in [-0.39, 0.29) is 30.3 Å². The van der Waals surface area contributed by atoms with Crippen LogP contribution in [0.2, 0.25) is 0 Å². The van der Waals surface area contributed by atoms with Crippen molar-refractivity contribution in [1.29, 1.82) is 0 Å². The molecule has 2 aliphatic rings. The lowest BCUT2D eigenvalue weighted by molar-refractivity contribution is -0.139. The zero-order valence-corrected chi connectivity index (χ0v) is 13.0. The van der Waals surface area contributed by atoms with E-state index in [2.05, 4.69) is 17.4 Å². The number of ether oxygens (including phenoxy) is 1. The first kappa shape index (κ1) is 16.3. The fraction of sp³-hybridized carbons (Fsp3) is 0.562. The summed E-state index contributed by atoms with van der Waals surface area (Å²) in [5, 5.41) is 3.18. The van der Waals surface area contributed by atoms with Crippen LogP contribution in [0, 0.1) is 5.92 Å². The standard InChI is InChI=1S/C16H22N2O2.ClH/c19-16(14-9-17-10-14)18(12-15-7-4-8-20-15)11-13-5-2-1-3-6-13;/h1-3,5-6,14-15,17H,4,7-12H2;1H. The number of benzene rings is 1. The Kier molecular flexibility index (Phi) is 6.03. The van der Waals surface area contributed by atoms with Gasteiger partial charge in [-0.1, -0.05) is 30.3 Å². The lowest BCUT2D eigenvalue weighted by Crippen LogP contribution is -2.53. The topological polar surface area (TPSA) is 41.6 Å². The maximum Gasteiger partial charge on any atom is 0.228 e. The van der Waals surface area contributed by atoms with Gasteiger partial charge in [0.15, 0.2) is 0 Å². The number of carbonyl (C=O) groups is 1. The molecule has 21 heavy (non-hydrogen) atoms. The van der Waals surface area contributed by atoms with Crippen LogP contribution in [0.15, 0.2) is 30.3 Å². The Morgan fingerprint density at radius 3 is 2.62 bits per heavy atom. The van der Waals surface area contributed by atoms with Crippen molar-refractivity contribution in [3.63, 3.8) is 0 Å². The van der Waals surface area contributed by atoms with E-state index in [4.69, 9.17) is 4.74 Å². The molecular formula is C16H23ClN2O2. The number of halogens is 1. The van der Waals surface area contributed by atoms with E-state index in [1.54, 1.807) is 0 Å². The van der Waals surface area contributed by atoms with Crippen molar-refractivity contribution >= 4 is 18.3 Å². The van der Waals surface area contributed by atoms with E-state index in [1.165, 1.54) is 5.56 Å². The number of nitrogens with zero attached hydrogens (tertiary/aromatic N) is 1. The highest BCUT2D eigenvalue weighted by Crippen LogP contribution is 2.18. The van der Waals surface area contributed by atoms with Crippen LogP contribution in [0.1, 0.15) is 18.4 Å². The van der Waals surface area contributed by atoms with Gasteiger partial charge in [-0.05, 0) is 18.4 Å². The van der Waals surface area contributed by atoms with Gasteiger partial charge in [-0.3, -0.25) is 4.79 Å². The molecule has 2 heterocycles. The van der Waals surface area contributed by atoms with Crippen LogP contribution in [0.4, 0.5) is 0 Å². The second-order valence-electron chi connectivity index (χ2n) is 5.69. The molecule has 1 amide bonds. The van der Waals surface area contributed by atoms with Crippen molar-refractivity contribution in [2.75, 3.05) is 26.2 Å². The molecule has 2 fully saturated rings. The summed E-state index contributed by atoms with van der Waals surface area (Å²) in [5.74, 6) is 0.420. The van der Waals surface area contributed by atoms with E-state index in [0.717, 1.165) is 39.1 Å². The normalized spacial score (nSPS) is 21.4. The Bertz CT molecular complexity index is 445. The van der Waals surface area contributed by atoms with Crippen molar-refractivity contribution in [1.82, 2.24) is 10.2 Å². The molecule has 2 saturated heterocycles. The summed E-state index contributed by atoms with van der Waals surface area (Å²) in [5.41, 5.74) is 1.19. The molecule has 0 spiro atoms. The quantitative estimate of drug-likeness (QED) is 0.902. The van der Waals surface area contributed by atoms with Crippen LogP contribution in [0.25, 0.3) is 0 Å². The lowest BCUT2D eigenvalue weighted by atomic mass is 10.0. The molecule has 1 aromatic rings. The Morgan fingerprint density at radius 2 is 2.05 bits per heavy atom. The fourth-order valence-corrected chi connectivity index (χ4v) is 2.79. The molecule has 3 rings (SSSR count). The van der Waals surface area contributed by atoms with E-state index in [9.17, 15) is 4.79 Å². The fourth-order valence-electron chi connectivity index (χ4n) is 2.79. The Labute approximate surface area is 132 Å². The Morgan fingerprint density at radius 1 is 1.29 bits per heavy atom. The van der Waals surface area contributed by atoms with Gasteiger partial charge in [0.05, 0.1) is 12.0 Å². The summed E-state index contributed by atoms with van der Waals surface area (Å²) in [6.07, 6.45) is 2.40. The molecule has 2 aliphatic heterocycles. The van der Waals surface area contributed by atoms with Gasteiger partial charge in [0.25, 0.3) is 0 Å². The van der Waals surface area contributed by atoms with Crippen LogP contribution in [0.5, 0.6) is 0 Å². The molecule has 1 N–H and O–H groups in total. The maximum absolute atomic E-state index is 12.5. The van der Waals surface area contributed by atoms with Crippen LogP contribution >= 0.6 is 12.4 Å². The molecule has 1 aromatic carbocycles. The first-order valence-electron chi connectivity index (χ1n) is 7.48. The van der Waals surface area contributed by atoms with Crippen molar-refractivity contribution < 1.29 is 9.53 Å². The largest absolute Gasteiger partial charge is 0.376 e. The number of nitrogens with one attached hydrogen (secondary N) is 1. The molecule has 0 radical (unpaired) electrons. The summed E-state index contributed by atoms with van der Waals surface area (Å²) in [6.45, 7) is 3.88. The van der Waals surface area contributed by atoms with Gasteiger partial charge in [-0.15, -0.1) is 12.4 Å². The SMILES string of the molecule is Cl.O=C(C1CNC1)N(Cc1ccccc1)CC1CCCO1. The van der Waals surface area contributed by atoms with Gasteiger partial charge in [0, 0.05) is 32.8 Å². The molecule has 1 atom stereocenters. The third-order valence-corrected chi connectivity index (χ3v) is 4.11. The maximum atomic E-state index is 12.5. The summed E-state index contributed by atoms with van der Waals surface area (Å²) in [4.78, 5) is 14.5. The second-order valence-corrected chi connectivity index (χ2v) is 5.69. The third-order valence-electron chi connectivity index (χ3n) is 4.11. The minimum absolute atomic E-state index is 0. The summed E-state index contributed by atoms with van der Waals surface area (Å²) >= 11 is 0. The minimum Gasteiger partial charge on any atom is -0.376 e. The van der Waals surface area contributed by atoms with E-state index < -0.39 is 0 Å². The highest BCUT2D eigenvalue weighted by Gasteiger charge is 2.31. The van der Waals surface area contributed by atoms with Crippen LogP contribution in [-0.4, -0.2) is 43.2 Å². The van der Waals surface area contributed by atoms with Gasteiger partial charge < -0.3 is 15.0 Å². The lowest BCUT2D eigenvalue weighted by Gasteiger charge is -2.33. The predicted octanol–water partition coefficient (Wildman–Crippen LogP) is 1.84. The predicted molar refractivity (Wildman–Crippen MR) is 84.4 cm³/mol. The molecule has 4 nitrogen and oxygen atoms in total. The zero-order chi connectivity index (χ0) is 13.8. The van der Waals surface area contributed by atoms with E-state index in [0.29, 0.717) is 6.54 Å². The number of hydrogen-bond acceptors (Lipinski definition) is 3. The number of amides is 1. The molecular weight excluding hydrogens is 288 g/mol. The van der Waals surface area contributed by atoms with Gasteiger partial charge in [0.2, 0.25) is 5.91 Å². The summed E-state index contributed by atoms with van der Waals surface area (Å²) in [6, 6.07) is 10.2. The first-order chi connectivity index (χ1) is 9.83. The molecule has 1 unspecified atom stereocenters. The summed E-state index contributed by atoms with van der Waals surface area (Å²) < 4.78 is 5.69. The van der Waals surface area contributed by atoms with Crippen molar-refractivity contribution in [3.8, 4) is 0 Å². The highest BCUT2D eigenvalue weighted by molar-refractivity contribution is 5.85. The minimum atomic E-state index is 0. The number of hydrogen-bond donors (Lipinski definition) is 1. The monoisotopic (exact) mass is 310 g/mol. The van der Waals surface area contributed by atoms with Gasteiger partial charge >= 0.3 is 0 Å². The highest BCUT2D eigenvalue weighted by atomic mass is 35.5. The molecule has 116 valence electrons. The summed E-state index contributed by atoms with van der Waals surface area (Å²) in [7, 11) is 0. The van der Waals surface area contributed by atoms with Gasteiger partial charge in [-0.2, -0.15) is 0 Å². The Balaban J connectivity index is 0.00000161. The average molecular weight is 311 g/mol. The van der Waals surface area contributed by atoms with Gasteiger partial charge in [0.1, 0.15) is 0 Å². The average Bonchev–Trinajstić information content (AvgIpc) is 2.90. The van der Waals surface area contributed by atoms with Crippen molar-refractivity contribution in [3.05, 3.63) is 35.9 Å². The van der Waals surface area contributed by atoms with Crippen LogP contribution in [0.3, 0.4) is 0 Å². The number of rotatable bonds is 5. The molecule has 0 aliphatic carbocycles. The van der Waals surface area contributed by atoms with Crippen LogP contribution in [-0.2, 0) is 16.1 Å². The number of carbonyl (C=O) groups excluding carboxylic acids is 1. The first-order valence-corrected chi connectivity index (χ1v) is 7.48. The molecule has 5 heteroatoms. The van der Waals surface area contributed by atoms with Gasteiger partial charge in [-0.25, -0.2) is 0 Å². The smallest absolute Gasteiger partial charge is 0.228 e. The Hall–Kier alpha value is -1.10.